The molecule has 7 heteroatoms. The molecule has 0 amide bonds. The molecule has 130 valence electrons. The first-order valence-corrected chi connectivity index (χ1v) is 8.78. The van der Waals surface area contributed by atoms with Crippen molar-refractivity contribution >= 4 is 5.96 Å². The standard InChI is InChI=1S/C16H30N6O/c1-3-23-13-11-19-16(17-2)18-10-7-9-15-21-20-14-8-5-4-6-12-22(14)15/h3-13H2,1-2H3,(H2,17,18,19). The first-order valence-electron chi connectivity index (χ1n) is 8.78. The second-order valence-electron chi connectivity index (χ2n) is 5.72. The summed E-state index contributed by atoms with van der Waals surface area (Å²) in [5.74, 6) is 3.12. The fourth-order valence-corrected chi connectivity index (χ4v) is 2.79. The average Bonchev–Trinajstić information content (AvgIpc) is 2.80. The number of rotatable bonds is 8. The summed E-state index contributed by atoms with van der Waals surface area (Å²) in [6.45, 7) is 6.16. The highest BCUT2D eigenvalue weighted by Crippen LogP contribution is 2.15. The Morgan fingerprint density at radius 1 is 1.22 bits per heavy atom. The van der Waals surface area contributed by atoms with Crippen molar-refractivity contribution in [1.82, 2.24) is 25.4 Å². The van der Waals surface area contributed by atoms with Gasteiger partial charge in [0.2, 0.25) is 0 Å². The lowest BCUT2D eigenvalue weighted by atomic mass is 10.2. The van der Waals surface area contributed by atoms with E-state index in [0.29, 0.717) is 6.61 Å². The second kappa shape index (κ2) is 10.2. The van der Waals surface area contributed by atoms with Crippen LogP contribution in [0.15, 0.2) is 4.99 Å². The van der Waals surface area contributed by atoms with Gasteiger partial charge < -0.3 is 19.9 Å². The van der Waals surface area contributed by atoms with E-state index in [2.05, 4.69) is 30.4 Å². The van der Waals surface area contributed by atoms with Gasteiger partial charge in [0, 0.05) is 46.1 Å². The Kier molecular flexibility index (Phi) is 7.86. The van der Waals surface area contributed by atoms with Gasteiger partial charge in [0.15, 0.2) is 5.96 Å². The van der Waals surface area contributed by atoms with Gasteiger partial charge in [-0.15, -0.1) is 10.2 Å². The SMILES string of the molecule is CCOCCNC(=NC)NCCCc1nnc2n1CCCCC2. The second-order valence-corrected chi connectivity index (χ2v) is 5.72. The molecule has 2 rings (SSSR count). The Hall–Kier alpha value is -1.63. The van der Waals surface area contributed by atoms with Crippen LogP contribution in [0.3, 0.4) is 0 Å². The lowest BCUT2D eigenvalue weighted by molar-refractivity contribution is 0.152. The molecule has 7 nitrogen and oxygen atoms in total. The Labute approximate surface area is 138 Å². The van der Waals surface area contributed by atoms with Gasteiger partial charge in [-0.3, -0.25) is 4.99 Å². The molecule has 0 atom stereocenters. The third-order valence-electron chi connectivity index (χ3n) is 4.02. The molecule has 0 saturated carbocycles. The minimum absolute atomic E-state index is 0.698. The predicted molar refractivity (Wildman–Crippen MR) is 91.8 cm³/mol. The zero-order valence-electron chi connectivity index (χ0n) is 14.5. The average molecular weight is 322 g/mol. The first-order chi connectivity index (χ1) is 11.3. The minimum Gasteiger partial charge on any atom is -0.380 e. The number of ether oxygens (including phenoxy) is 1. The van der Waals surface area contributed by atoms with E-state index in [9.17, 15) is 0 Å². The smallest absolute Gasteiger partial charge is 0.191 e. The van der Waals surface area contributed by atoms with Crippen LogP contribution in [0.4, 0.5) is 0 Å². The van der Waals surface area contributed by atoms with E-state index in [4.69, 9.17) is 4.74 Å². The van der Waals surface area contributed by atoms with E-state index in [1.54, 1.807) is 7.05 Å². The summed E-state index contributed by atoms with van der Waals surface area (Å²) in [5.41, 5.74) is 0. The Morgan fingerprint density at radius 2 is 2.09 bits per heavy atom. The van der Waals surface area contributed by atoms with Crippen molar-refractivity contribution in [3.05, 3.63) is 11.6 Å². The largest absolute Gasteiger partial charge is 0.380 e. The maximum Gasteiger partial charge on any atom is 0.191 e. The number of aliphatic imine (C=N–C) groups is 1. The minimum atomic E-state index is 0.698. The third-order valence-corrected chi connectivity index (χ3v) is 4.02. The summed E-state index contributed by atoms with van der Waals surface area (Å²) in [7, 11) is 1.79. The van der Waals surface area contributed by atoms with Crippen molar-refractivity contribution in [1.29, 1.82) is 0 Å². The summed E-state index contributed by atoms with van der Waals surface area (Å²) in [6.07, 6.45) is 6.83. The van der Waals surface area contributed by atoms with Crippen LogP contribution in [-0.2, 0) is 24.1 Å². The molecule has 1 aromatic rings. The van der Waals surface area contributed by atoms with Crippen LogP contribution < -0.4 is 10.6 Å². The molecule has 1 aliphatic rings. The van der Waals surface area contributed by atoms with Crippen molar-refractivity contribution in [3.63, 3.8) is 0 Å². The Balaban J connectivity index is 1.68. The highest BCUT2D eigenvalue weighted by Gasteiger charge is 2.14. The van der Waals surface area contributed by atoms with Gasteiger partial charge >= 0.3 is 0 Å². The van der Waals surface area contributed by atoms with Crippen molar-refractivity contribution in [2.24, 2.45) is 4.99 Å². The molecule has 23 heavy (non-hydrogen) atoms. The molecular weight excluding hydrogens is 292 g/mol. The van der Waals surface area contributed by atoms with Gasteiger partial charge in [-0.2, -0.15) is 0 Å². The summed E-state index contributed by atoms with van der Waals surface area (Å²) in [4.78, 5) is 4.21. The van der Waals surface area contributed by atoms with Crippen molar-refractivity contribution in [2.45, 2.75) is 52.0 Å². The summed E-state index contributed by atoms with van der Waals surface area (Å²) < 4.78 is 7.62. The van der Waals surface area contributed by atoms with Crippen LogP contribution in [0, 0.1) is 0 Å². The number of guanidine groups is 1. The third kappa shape index (κ3) is 5.82. The highest BCUT2D eigenvalue weighted by molar-refractivity contribution is 5.79. The van der Waals surface area contributed by atoms with Crippen LogP contribution in [0.2, 0.25) is 0 Å². The predicted octanol–water partition coefficient (Wildman–Crippen LogP) is 1.14. The molecule has 0 aromatic carbocycles. The van der Waals surface area contributed by atoms with Crippen molar-refractivity contribution in [3.8, 4) is 0 Å². The lowest BCUT2D eigenvalue weighted by Gasteiger charge is -2.12. The number of aromatic nitrogens is 3. The molecule has 1 aromatic heterocycles. The van der Waals surface area contributed by atoms with Crippen LogP contribution in [0.1, 0.15) is 44.3 Å². The molecule has 0 aliphatic carbocycles. The van der Waals surface area contributed by atoms with Gasteiger partial charge in [0.05, 0.1) is 6.61 Å². The van der Waals surface area contributed by atoms with E-state index in [1.807, 2.05) is 6.92 Å². The molecule has 2 heterocycles. The summed E-state index contributed by atoms with van der Waals surface area (Å²) in [5, 5.41) is 15.3. The van der Waals surface area contributed by atoms with Gasteiger partial charge in [0.1, 0.15) is 11.6 Å². The molecule has 2 N–H and O–H groups in total. The topological polar surface area (TPSA) is 76.4 Å². The van der Waals surface area contributed by atoms with Crippen LogP contribution in [-0.4, -0.2) is 54.1 Å². The van der Waals surface area contributed by atoms with Crippen LogP contribution >= 0.6 is 0 Å². The van der Waals surface area contributed by atoms with Gasteiger partial charge in [-0.05, 0) is 26.2 Å². The maximum atomic E-state index is 5.30. The zero-order chi connectivity index (χ0) is 16.3. The Morgan fingerprint density at radius 3 is 2.91 bits per heavy atom. The monoisotopic (exact) mass is 322 g/mol. The highest BCUT2D eigenvalue weighted by atomic mass is 16.5. The molecule has 0 saturated heterocycles. The number of fused-ring (bicyclic) bond motifs is 1. The number of hydrogen-bond acceptors (Lipinski definition) is 4. The quantitative estimate of drug-likeness (QED) is 0.426. The number of nitrogens with zero attached hydrogens (tertiary/aromatic N) is 4. The van der Waals surface area contributed by atoms with Crippen molar-refractivity contribution < 1.29 is 4.74 Å². The molecule has 0 bridgehead atoms. The molecule has 0 fully saturated rings. The first kappa shape index (κ1) is 17.7. The number of aryl methyl sites for hydroxylation is 2. The normalized spacial score (nSPS) is 15.1. The molecular formula is C16H30N6O. The zero-order valence-corrected chi connectivity index (χ0v) is 14.5. The van der Waals surface area contributed by atoms with E-state index >= 15 is 0 Å². The lowest BCUT2D eigenvalue weighted by Crippen LogP contribution is -2.39. The van der Waals surface area contributed by atoms with E-state index < -0.39 is 0 Å². The van der Waals surface area contributed by atoms with Crippen molar-refractivity contribution in [2.75, 3.05) is 33.4 Å². The molecule has 0 unspecified atom stereocenters. The summed E-state index contributed by atoms with van der Waals surface area (Å²) in [6, 6.07) is 0. The molecule has 1 aliphatic heterocycles. The van der Waals surface area contributed by atoms with Crippen LogP contribution in [0.25, 0.3) is 0 Å². The van der Waals surface area contributed by atoms with Crippen LogP contribution in [0.5, 0.6) is 0 Å². The number of hydrogen-bond donors (Lipinski definition) is 2. The van der Waals surface area contributed by atoms with Gasteiger partial charge in [-0.25, -0.2) is 0 Å². The Bertz CT molecular complexity index is 485. The molecule has 0 spiro atoms. The fraction of sp³-hybridized carbons (Fsp3) is 0.812. The molecule has 0 radical (unpaired) electrons. The number of nitrogens with one attached hydrogen (secondary N) is 2. The van der Waals surface area contributed by atoms with E-state index in [0.717, 1.165) is 57.3 Å². The van der Waals surface area contributed by atoms with E-state index in [1.165, 1.54) is 25.1 Å². The maximum absolute atomic E-state index is 5.30. The van der Waals surface area contributed by atoms with E-state index in [-0.39, 0.29) is 0 Å². The summed E-state index contributed by atoms with van der Waals surface area (Å²) >= 11 is 0. The van der Waals surface area contributed by atoms with Gasteiger partial charge in [-0.1, -0.05) is 6.42 Å². The van der Waals surface area contributed by atoms with Gasteiger partial charge in [0.25, 0.3) is 0 Å². The fourth-order valence-electron chi connectivity index (χ4n) is 2.79.